The van der Waals surface area contributed by atoms with Gasteiger partial charge in [0, 0.05) is 16.9 Å². The van der Waals surface area contributed by atoms with Gasteiger partial charge in [0.25, 0.3) is 17.4 Å². The number of nitrogens with zero attached hydrogens (tertiary/aromatic N) is 2. The van der Waals surface area contributed by atoms with Crippen molar-refractivity contribution in [3.05, 3.63) is 127 Å². The van der Waals surface area contributed by atoms with Gasteiger partial charge < -0.3 is 10.6 Å². The lowest BCUT2D eigenvalue weighted by Gasteiger charge is -2.25. The van der Waals surface area contributed by atoms with Crippen molar-refractivity contribution in [3.63, 3.8) is 0 Å². The van der Waals surface area contributed by atoms with Crippen LogP contribution in [0.5, 0.6) is 0 Å². The van der Waals surface area contributed by atoms with E-state index in [1.807, 2.05) is 73.7 Å². The molecule has 0 fully saturated rings. The molecule has 6 rings (SSSR count). The number of aromatic nitrogens is 1. The van der Waals surface area contributed by atoms with Crippen LogP contribution in [0.15, 0.2) is 99.9 Å². The molecule has 7 nitrogen and oxygen atoms in total. The van der Waals surface area contributed by atoms with E-state index in [0.29, 0.717) is 43.1 Å². The molecule has 182 valence electrons. The summed E-state index contributed by atoms with van der Waals surface area (Å²) < 4.78 is 1.84. The number of benzene rings is 3. The Morgan fingerprint density at radius 1 is 0.973 bits per heavy atom. The largest absolute Gasteiger partial charge is 0.322 e. The van der Waals surface area contributed by atoms with E-state index in [9.17, 15) is 14.4 Å². The summed E-state index contributed by atoms with van der Waals surface area (Å²) in [5.41, 5.74) is 4.67. The van der Waals surface area contributed by atoms with Gasteiger partial charge in [0.2, 0.25) is 0 Å². The molecule has 8 heteroatoms. The van der Waals surface area contributed by atoms with Crippen LogP contribution >= 0.6 is 11.3 Å². The van der Waals surface area contributed by atoms with Crippen molar-refractivity contribution in [1.29, 1.82) is 0 Å². The molecule has 2 aliphatic rings. The number of para-hydroxylation sites is 1. The number of hydrogen-bond acceptors (Lipinski definition) is 5. The van der Waals surface area contributed by atoms with Gasteiger partial charge in [-0.1, -0.05) is 71.5 Å². The average Bonchev–Trinajstić information content (AvgIpc) is 3.38. The van der Waals surface area contributed by atoms with Gasteiger partial charge >= 0.3 is 0 Å². The van der Waals surface area contributed by atoms with Gasteiger partial charge in [0.05, 0.1) is 22.9 Å². The maximum atomic E-state index is 14.0. The summed E-state index contributed by atoms with van der Waals surface area (Å²) in [7, 11) is 0. The van der Waals surface area contributed by atoms with Gasteiger partial charge in [0.1, 0.15) is 4.53 Å². The highest BCUT2D eigenvalue weighted by molar-refractivity contribution is 7.07. The van der Waals surface area contributed by atoms with Crippen LogP contribution in [0, 0.1) is 6.92 Å². The molecule has 2 amide bonds. The molecule has 37 heavy (non-hydrogen) atoms. The summed E-state index contributed by atoms with van der Waals surface area (Å²) in [6, 6.07) is 23.5. The zero-order valence-corrected chi connectivity index (χ0v) is 20.9. The molecule has 0 spiro atoms. The van der Waals surface area contributed by atoms with E-state index in [1.54, 1.807) is 19.1 Å². The number of aryl methyl sites for hydroxylation is 1. The second kappa shape index (κ2) is 8.83. The highest BCUT2D eigenvalue weighted by Gasteiger charge is 2.34. The van der Waals surface area contributed by atoms with E-state index in [-0.39, 0.29) is 17.4 Å². The fraction of sp³-hybridized carbons (Fsp3) is 0.103. The molecule has 1 atom stereocenters. The topological polar surface area (TPSA) is 92.6 Å². The van der Waals surface area contributed by atoms with E-state index < -0.39 is 6.04 Å². The molecular formula is C29H22N4O3S. The Morgan fingerprint density at radius 2 is 1.68 bits per heavy atom. The van der Waals surface area contributed by atoms with Crippen molar-refractivity contribution in [2.24, 2.45) is 4.99 Å². The van der Waals surface area contributed by atoms with Crippen molar-refractivity contribution in [1.82, 2.24) is 4.57 Å². The molecule has 0 bridgehead atoms. The van der Waals surface area contributed by atoms with Crippen LogP contribution in [0.25, 0.3) is 5.57 Å². The third kappa shape index (κ3) is 3.82. The van der Waals surface area contributed by atoms with E-state index in [0.717, 1.165) is 11.1 Å². The molecule has 2 aliphatic heterocycles. The van der Waals surface area contributed by atoms with Crippen LogP contribution in [-0.4, -0.2) is 16.4 Å². The first-order chi connectivity index (χ1) is 17.9. The summed E-state index contributed by atoms with van der Waals surface area (Å²) in [6.07, 6.45) is 0. The molecule has 0 aliphatic carbocycles. The zero-order valence-electron chi connectivity index (χ0n) is 20.1. The Labute approximate surface area is 216 Å². The Kier molecular flexibility index (Phi) is 5.46. The Balaban J connectivity index is 1.58. The van der Waals surface area contributed by atoms with Crippen molar-refractivity contribution in [3.8, 4) is 0 Å². The fourth-order valence-corrected chi connectivity index (χ4v) is 5.98. The smallest absolute Gasteiger partial charge is 0.271 e. The molecule has 3 aromatic carbocycles. The monoisotopic (exact) mass is 506 g/mol. The molecule has 3 heterocycles. The molecule has 0 saturated carbocycles. The number of nitrogens with one attached hydrogen (secondary N) is 2. The third-order valence-electron chi connectivity index (χ3n) is 6.54. The van der Waals surface area contributed by atoms with Gasteiger partial charge in [-0.3, -0.25) is 19.0 Å². The van der Waals surface area contributed by atoms with Gasteiger partial charge in [-0.2, -0.15) is 0 Å². The average molecular weight is 507 g/mol. The molecule has 4 aromatic rings. The Morgan fingerprint density at radius 3 is 2.41 bits per heavy atom. The number of carbonyl (C=O) groups is 2. The number of thiazole rings is 1. The first kappa shape index (κ1) is 22.9. The third-order valence-corrected chi connectivity index (χ3v) is 7.59. The van der Waals surface area contributed by atoms with Crippen molar-refractivity contribution < 1.29 is 9.59 Å². The molecule has 0 saturated heterocycles. The maximum absolute atomic E-state index is 14.0. The molecule has 2 N–H and O–H groups in total. The first-order valence-electron chi connectivity index (χ1n) is 11.8. The zero-order chi connectivity index (χ0) is 25.7. The highest BCUT2D eigenvalue weighted by atomic mass is 32.1. The Hall–Kier alpha value is -4.56. The highest BCUT2D eigenvalue weighted by Crippen LogP contribution is 2.32. The summed E-state index contributed by atoms with van der Waals surface area (Å²) in [4.78, 5) is 45.7. The molecular weight excluding hydrogens is 484 g/mol. The number of rotatable bonds is 3. The fourth-order valence-electron chi connectivity index (χ4n) is 4.84. The van der Waals surface area contributed by atoms with Gasteiger partial charge in [0.15, 0.2) is 4.80 Å². The maximum Gasteiger partial charge on any atom is 0.271 e. The summed E-state index contributed by atoms with van der Waals surface area (Å²) in [6.45, 7) is 3.72. The summed E-state index contributed by atoms with van der Waals surface area (Å²) >= 11 is 1.17. The van der Waals surface area contributed by atoms with Crippen molar-refractivity contribution >= 4 is 40.1 Å². The molecule has 0 unspecified atom stereocenters. The van der Waals surface area contributed by atoms with Gasteiger partial charge in [-0.15, -0.1) is 0 Å². The predicted octanol–water partition coefficient (Wildman–Crippen LogP) is 3.50. The number of carbonyl (C=O) groups excluding carboxylic acids is 2. The minimum absolute atomic E-state index is 0.305. The molecule has 0 radical (unpaired) electrons. The van der Waals surface area contributed by atoms with Crippen LogP contribution in [0.2, 0.25) is 0 Å². The van der Waals surface area contributed by atoms with Crippen LogP contribution < -0.4 is 25.5 Å². The van der Waals surface area contributed by atoms with Crippen molar-refractivity contribution in [2.75, 3.05) is 10.6 Å². The SMILES string of the molecule is CC1=C(C(=O)Nc2ccccc2)[C@H](c2ccccc2)n2c(s/c(=C3\C(=O)Nc4ccc(C)cc43)c2=O)=N1. The van der Waals surface area contributed by atoms with Crippen molar-refractivity contribution in [2.45, 2.75) is 19.9 Å². The quantitative estimate of drug-likeness (QED) is 0.446. The van der Waals surface area contributed by atoms with Crippen LogP contribution in [-0.2, 0) is 9.59 Å². The standard InChI is InChI=1S/C29H22N4O3S/c1-16-13-14-21-20(15-16)23(27(35)32-21)25-28(36)33-24(18-9-5-3-6-10-18)22(17(2)30-29(33)37-25)26(34)31-19-11-7-4-8-12-19/h3-15,24H,1-2H3,(H,31,34)(H,32,35)/b25-23-/t24-/m0/s1. The number of amides is 2. The van der Waals surface area contributed by atoms with E-state index in [1.165, 1.54) is 15.9 Å². The van der Waals surface area contributed by atoms with Crippen LogP contribution in [0.1, 0.15) is 29.7 Å². The van der Waals surface area contributed by atoms with E-state index in [2.05, 4.69) is 15.6 Å². The number of anilines is 2. The minimum Gasteiger partial charge on any atom is -0.322 e. The minimum atomic E-state index is -0.697. The predicted molar refractivity (Wildman–Crippen MR) is 144 cm³/mol. The second-order valence-corrected chi connectivity index (χ2v) is 9.99. The number of allylic oxidation sites excluding steroid dienone is 1. The van der Waals surface area contributed by atoms with Gasteiger partial charge in [-0.05, 0) is 43.7 Å². The Bertz CT molecular complexity index is 1800. The normalized spacial score (nSPS) is 17.6. The molecule has 1 aromatic heterocycles. The second-order valence-electron chi connectivity index (χ2n) is 9.01. The number of hydrogen-bond donors (Lipinski definition) is 2. The first-order valence-corrected chi connectivity index (χ1v) is 12.6. The van der Waals surface area contributed by atoms with Crippen LogP contribution in [0.3, 0.4) is 0 Å². The lowest BCUT2D eigenvalue weighted by atomic mass is 9.95. The van der Waals surface area contributed by atoms with Crippen LogP contribution in [0.4, 0.5) is 11.4 Å². The van der Waals surface area contributed by atoms with E-state index in [4.69, 9.17) is 0 Å². The lowest BCUT2D eigenvalue weighted by Crippen LogP contribution is -2.41. The summed E-state index contributed by atoms with van der Waals surface area (Å²) in [5, 5.41) is 5.81. The van der Waals surface area contributed by atoms with E-state index >= 15 is 0 Å². The lowest BCUT2D eigenvalue weighted by molar-refractivity contribution is -0.113. The summed E-state index contributed by atoms with van der Waals surface area (Å²) in [5.74, 6) is -0.654. The van der Waals surface area contributed by atoms with Gasteiger partial charge in [-0.25, -0.2) is 4.99 Å². The number of fused-ring (bicyclic) bond motifs is 2.